The number of halogens is 5. The summed E-state index contributed by atoms with van der Waals surface area (Å²) in [6.45, 7) is 0.800. The van der Waals surface area contributed by atoms with Gasteiger partial charge in [0.1, 0.15) is 0 Å². The van der Waals surface area contributed by atoms with Crippen molar-refractivity contribution in [3.8, 4) is 28.6 Å². The lowest BCUT2D eigenvalue weighted by molar-refractivity contribution is -0.189. The molecule has 0 aliphatic heterocycles. The van der Waals surface area contributed by atoms with Crippen LogP contribution >= 0.6 is 12.4 Å². The number of rotatable bonds is 4. The van der Waals surface area contributed by atoms with Crippen molar-refractivity contribution in [2.24, 2.45) is 0 Å². The summed E-state index contributed by atoms with van der Waals surface area (Å²) in [4.78, 5) is 11.3. The number of nitrogens with one attached hydrogen (secondary N) is 1. The number of hydrogen-bond acceptors (Lipinski definition) is 5. The molecule has 4 aromatic rings. The van der Waals surface area contributed by atoms with E-state index in [9.17, 15) is 17.6 Å². The van der Waals surface area contributed by atoms with Crippen LogP contribution in [0.1, 0.15) is 6.92 Å². The fourth-order valence-corrected chi connectivity index (χ4v) is 2.52. The smallest absolute Gasteiger partial charge is 0.425 e. The standard InChI is InChI=1S/C18H12F4N4O2.ClH/c1-9(18(20,21)22)27-15-5-3-11(6-12(15)19)17-25-16(26-28-17)10-2-4-13-14(7-10)24-8-23-13;/h2-9H,1H3,(H,23,24);1H. The summed E-state index contributed by atoms with van der Waals surface area (Å²) < 4.78 is 61.6. The van der Waals surface area contributed by atoms with Crippen LogP contribution in [0.4, 0.5) is 17.6 Å². The van der Waals surface area contributed by atoms with Gasteiger partial charge in [-0.1, -0.05) is 5.16 Å². The number of hydrogen-bond donors (Lipinski definition) is 1. The molecular weight excluding hydrogens is 416 g/mol. The molecule has 0 saturated carbocycles. The van der Waals surface area contributed by atoms with Crippen molar-refractivity contribution >= 4 is 23.4 Å². The van der Waals surface area contributed by atoms with Gasteiger partial charge in [-0.15, -0.1) is 12.4 Å². The number of ether oxygens (including phenoxy) is 1. The van der Waals surface area contributed by atoms with Crippen molar-refractivity contribution < 1.29 is 26.8 Å². The Bertz CT molecular complexity index is 1140. The summed E-state index contributed by atoms with van der Waals surface area (Å²) in [5, 5.41) is 3.86. The summed E-state index contributed by atoms with van der Waals surface area (Å²) in [5.41, 5.74) is 2.44. The normalized spacial score (nSPS) is 12.6. The highest BCUT2D eigenvalue weighted by Gasteiger charge is 2.38. The minimum absolute atomic E-state index is 0. The number of fused-ring (bicyclic) bond motifs is 1. The molecule has 0 bridgehead atoms. The molecule has 29 heavy (non-hydrogen) atoms. The minimum Gasteiger partial charge on any atom is -0.478 e. The third kappa shape index (κ3) is 4.16. The number of alkyl halides is 3. The Morgan fingerprint density at radius 1 is 1.10 bits per heavy atom. The van der Waals surface area contributed by atoms with E-state index in [0.29, 0.717) is 5.56 Å². The molecule has 0 amide bonds. The van der Waals surface area contributed by atoms with E-state index in [1.165, 1.54) is 6.07 Å². The predicted octanol–water partition coefficient (Wildman–Crippen LogP) is 5.17. The Kier molecular flexibility index (Phi) is 5.47. The van der Waals surface area contributed by atoms with E-state index >= 15 is 0 Å². The molecule has 2 aromatic carbocycles. The zero-order valence-electron chi connectivity index (χ0n) is 14.7. The van der Waals surface area contributed by atoms with E-state index in [1.54, 1.807) is 24.5 Å². The molecule has 0 radical (unpaired) electrons. The second-order valence-electron chi connectivity index (χ2n) is 6.00. The van der Waals surface area contributed by atoms with Gasteiger partial charge in [-0.25, -0.2) is 9.37 Å². The van der Waals surface area contributed by atoms with Gasteiger partial charge in [-0.05, 0) is 43.3 Å². The Balaban J connectivity index is 0.00000240. The molecule has 2 heterocycles. The summed E-state index contributed by atoms with van der Waals surface area (Å²) in [6.07, 6.45) is -5.18. The molecule has 0 saturated heterocycles. The highest BCUT2D eigenvalue weighted by atomic mass is 35.5. The number of H-pyrrole nitrogens is 1. The van der Waals surface area contributed by atoms with E-state index in [4.69, 9.17) is 4.52 Å². The van der Waals surface area contributed by atoms with E-state index in [-0.39, 0.29) is 29.7 Å². The Morgan fingerprint density at radius 3 is 2.59 bits per heavy atom. The monoisotopic (exact) mass is 428 g/mol. The predicted molar refractivity (Wildman–Crippen MR) is 98.2 cm³/mol. The number of nitrogens with zero attached hydrogens (tertiary/aromatic N) is 3. The van der Waals surface area contributed by atoms with Crippen molar-refractivity contribution in [3.05, 3.63) is 48.5 Å². The first-order valence-electron chi connectivity index (χ1n) is 8.12. The van der Waals surface area contributed by atoms with Crippen LogP contribution in [0, 0.1) is 5.82 Å². The van der Waals surface area contributed by atoms with Crippen molar-refractivity contribution in [3.63, 3.8) is 0 Å². The molecule has 0 fully saturated rings. The topological polar surface area (TPSA) is 76.8 Å². The van der Waals surface area contributed by atoms with Gasteiger partial charge in [0.25, 0.3) is 5.89 Å². The van der Waals surface area contributed by atoms with Crippen LogP contribution in [0.3, 0.4) is 0 Å². The third-order valence-electron chi connectivity index (χ3n) is 4.05. The van der Waals surface area contributed by atoms with Gasteiger partial charge in [0.05, 0.1) is 17.4 Å². The van der Waals surface area contributed by atoms with Gasteiger partial charge in [0.2, 0.25) is 5.82 Å². The van der Waals surface area contributed by atoms with Crippen molar-refractivity contribution in [1.29, 1.82) is 0 Å². The van der Waals surface area contributed by atoms with Gasteiger partial charge in [-0.2, -0.15) is 18.2 Å². The van der Waals surface area contributed by atoms with Crippen molar-refractivity contribution in [1.82, 2.24) is 20.1 Å². The number of aromatic nitrogens is 4. The SMILES string of the molecule is CC(Oc1ccc(-c2nc(-c3ccc4nc[nH]c4c3)no2)cc1F)C(F)(F)F.Cl. The number of benzene rings is 2. The van der Waals surface area contributed by atoms with E-state index in [2.05, 4.69) is 24.8 Å². The third-order valence-corrected chi connectivity index (χ3v) is 4.05. The first-order chi connectivity index (χ1) is 13.3. The second-order valence-corrected chi connectivity index (χ2v) is 6.00. The van der Waals surface area contributed by atoms with Crippen LogP contribution in [0.15, 0.2) is 47.2 Å². The molecular formula is C18H13ClF4N4O2. The first-order valence-corrected chi connectivity index (χ1v) is 8.12. The lowest BCUT2D eigenvalue weighted by Gasteiger charge is -2.18. The highest BCUT2D eigenvalue weighted by molar-refractivity contribution is 5.85. The fraction of sp³-hybridized carbons (Fsp3) is 0.167. The van der Waals surface area contributed by atoms with E-state index < -0.39 is 23.8 Å². The Hall–Kier alpha value is -3.14. The minimum atomic E-state index is -4.59. The largest absolute Gasteiger partial charge is 0.478 e. The molecule has 1 N–H and O–H groups in total. The summed E-state index contributed by atoms with van der Waals surface area (Å²) in [5.74, 6) is -1.18. The Morgan fingerprint density at radius 2 is 1.86 bits per heavy atom. The van der Waals surface area contributed by atoms with Gasteiger partial charge in [0.15, 0.2) is 17.7 Å². The summed E-state index contributed by atoms with van der Waals surface area (Å²) in [7, 11) is 0. The molecule has 1 atom stereocenters. The zero-order chi connectivity index (χ0) is 19.9. The fourth-order valence-electron chi connectivity index (χ4n) is 2.52. The maximum absolute atomic E-state index is 14.2. The molecule has 0 aliphatic rings. The van der Waals surface area contributed by atoms with Gasteiger partial charge >= 0.3 is 6.18 Å². The molecule has 11 heteroatoms. The van der Waals surface area contributed by atoms with E-state index in [0.717, 1.165) is 30.1 Å². The van der Waals surface area contributed by atoms with E-state index in [1.807, 2.05) is 0 Å². The number of aromatic amines is 1. The maximum Gasteiger partial charge on any atom is 0.425 e. The van der Waals surface area contributed by atoms with Gasteiger partial charge < -0.3 is 14.2 Å². The van der Waals surface area contributed by atoms with Crippen molar-refractivity contribution in [2.75, 3.05) is 0 Å². The van der Waals surface area contributed by atoms with Crippen LogP contribution in [-0.4, -0.2) is 32.4 Å². The molecule has 152 valence electrons. The first kappa shape index (κ1) is 20.6. The van der Waals surface area contributed by atoms with Crippen molar-refractivity contribution in [2.45, 2.75) is 19.2 Å². The van der Waals surface area contributed by atoms with Crippen LogP contribution in [-0.2, 0) is 0 Å². The molecule has 4 rings (SSSR count). The average Bonchev–Trinajstić information content (AvgIpc) is 3.31. The molecule has 1 unspecified atom stereocenters. The maximum atomic E-state index is 14.2. The average molecular weight is 429 g/mol. The second kappa shape index (κ2) is 7.70. The van der Waals surface area contributed by atoms with Crippen LogP contribution in [0.25, 0.3) is 33.9 Å². The zero-order valence-corrected chi connectivity index (χ0v) is 15.5. The molecule has 0 spiro atoms. The number of imidazole rings is 1. The van der Waals surface area contributed by atoms with Crippen LogP contribution in [0.5, 0.6) is 5.75 Å². The quantitative estimate of drug-likeness (QED) is 0.454. The van der Waals surface area contributed by atoms with Crippen LogP contribution < -0.4 is 4.74 Å². The lowest BCUT2D eigenvalue weighted by Crippen LogP contribution is -2.31. The highest BCUT2D eigenvalue weighted by Crippen LogP contribution is 2.30. The molecule has 2 aromatic heterocycles. The summed E-state index contributed by atoms with van der Waals surface area (Å²) in [6, 6.07) is 8.74. The molecule has 6 nitrogen and oxygen atoms in total. The summed E-state index contributed by atoms with van der Waals surface area (Å²) >= 11 is 0. The molecule has 0 aliphatic carbocycles. The lowest BCUT2D eigenvalue weighted by atomic mass is 10.2. The van der Waals surface area contributed by atoms with Crippen LogP contribution in [0.2, 0.25) is 0 Å². The van der Waals surface area contributed by atoms with Gasteiger partial charge in [0, 0.05) is 11.1 Å². The Labute approximate surface area is 167 Å². The van der Waals surface area contributed by atoms with Gasteiger partial charge in [-0.3, -0.25) is 0 Å².